The van der Waals surface area contributed by atoms with Crippen LogP contribution in [0.3, 0.4) is 0 Å². The van der Waals surface area contributed by atoms with Crippen LogP contribution in [-0.2, 0) is 12.8 Å². The molecule has 0 amide bonds. The highest BCUT2D eigenvalue weighted by atomic mass is 32.1. The summed E-state index contributed by atoms with van der Waals surface area (Å²) in [5.74, 6) is 0.939. The molecule has 0 radical (unpaired) electrons. The topological polar surface area (TPSA) is 35.2 Å². The fourth-order valence-corrected chi connectivity index (χ4v) is 3.37. The molecule has 3 rings (SSSR count). The second-order valence-electron chi connectivity index (χ2n) is 5.24. The molecule has 1 aromatic heterocycles. The van der Waals surface area contributed by atoms with Gasteiger partial charge in [0.2, 0.25) is 0 Å². The van der Waals surface area contributed by atoms with E-state index in [-0.39, 0.29) is 12.1 Å². The Morgan fingerprint density at radius 2 is 2.05 bits per heavy atom. The highest BCUT2D eigenvalue weighted by Crippen LogP contribution is 2.30. The second kappa shape index (κ2) is 5.35. The van der Waals surface area contributed by atoms with Crippen LogP contribution >= 0.6 is 11.3 Å². The van der Waals surface area contributed by atoms with Crippen molar-refractivity contribution in [1.29, 1.82) is 0 Å². The third kappa shape index (κ3) is 2.67. The van der Waals surface area contributed by atoms with Gasteiger partial charge in [-0.25, -0.2) is 0 Å². The predicted octanol–water partition coefficient (Wildman–Crippen LogP) is 3.70. The van der Waals surface area contributed by atoms with Crippen molar-refractivity contribution in [2.75, 3.05) is 0 Å². The number of nitrogens with two attached hydrogens (primary N) is 1. The lowest BCUT2D eigenvalue weighted by atomic mass is 10.1. The molecule has 2 unspecified atom stereocenters. The Bertz CT molecular complexity index is 548. The fourth-order valence-electron chi connectivity index (χ4n) is 2.68. The lowest BCUT2D eigenvalue weighted by molar-refractivity contribution is 0.181. The van der Waals surface area contributed by atoms with Crippen LogP contribution in [0, 0.1) is 0 Å². The van der Waals surface area contributed by atoms with E-state index >= 15 is 0 Å². The SMILES string of the molecule is CC(N)C(Oc1ccc2c(c1)CCC2)c1ccsc1. The Morgan fingerprint density at radius 1 is 1.21 bits per heavy atom. The molecule has 0 saturated carbocycles. The maximum Gasteiger partial charge on any atom is 0.139 e. The largest absolute Gasteiger partial charge is 0.484 e. The van der Waals surface area contributed by atoms with E-state index in [0.717, 1.165) is 5.75 Å². The van der Waals surface area contributed by atoms with Crippen LogP contribution in [0.1, 0.15) is 36.1 Å². The van der Waals surface area contributed by atoms with Gasteiger partial charge < -0.3 is 10.5 Å². The van der Waals surface area contributed by atoms with Crippen LogP contribution in [-0.4, -0.2) is 6.04 Å². The summed E-state index contributed by atoms with van der Waals surface area (Å²) in [6, 6.07) is 8.52. The number of hydrogen-bond donors (Lipinski definition) is 1. The number of ether oxygens (including phenoxy) is 1. The molecule has 3 heteroatoms. The van der Waals surface area contributed by atoms with Crippen molar-refractivity contribution >= 4 is 11.3 Å². The molecule has 0 fully saturated rings. The lowest BCUT2D eigenvalue weighted by Crippen LogP contribution is -2.28. The van der Waals surface area contributed by atoms with Gasteiger partial charge in [-0.15, -0.1) is 0 Å². The predicted molar refractivity (Wildman–Crippen MR) is 79.8 cm³/mol. The summed E-state index contributed by atoms with van der Waals surface area (Å²) in [5, 5.41) is 4.18. The molecule has 2 aromatic rings. The summed E-state index contributed by atoms with van der Waals surface area (Å²) in [6.45, 7) is 2.00. The summed E-state index contributed by atoms with van der Waals surface area (Å²) in [5.41, 5.74) is 10.1. The van der Waals surface area contributed by atoms with Gasteiger partial charge in [-0.3, -0.25) is 0 Å². The number of rotatable bonds is 4. The van der Waals surface area contributed by atoms with Gasteiger partial charge in [0.25, 0.3) is 0 Å². The molecule has 19 heavy (non-hydrogen) atoms. The molecule has 2 atom stereocenters. The molecule has 2 nitrogen and oxygen atoms in total. The van der Waals surface area contributed by atoms with E-state index in [2.05, 4.69) is 35.0 Å². The van der Waals surface area contributed by atoms with Gasteiger partial charge in [-0.05, 0) is 66.3 Å². The minimum Gasteiger partial charge on any atom is -0.484 e. The van der Waals surface area contributed by atoms with Crippen LogP contribution < -0.4 is 10.5 Å². The maximum absolute atomic E-state index is 6.13. The average molecular weight is 273 g/mol. The zero-order valence-corrected chi connectivity index (χ0v) is 12.0. The van der Waals surface area contributed by atoms with E-state index in [1.54, 1.807) is 11.3 Å². The van der Waals surface area contributed by atoms with Crippen molar-refractivity contribution in [3.63, 3.8) is 0 Å². The molecule has 100 valence electrons. The van der Waals surface area contributed by atoms with E-state index < -0.39 is 0 Å². The zero-order valence-electron chi connectivity index (χ0n) is 11.1. The van der Waals surface area contributed by atoms with Crippen molar-refractivity contribution in [3.8, 4) is 5.75 Å². The molecular formula is C16H19NOS. The summed E-state index contributed by atoms with van der Waals surface area (Å²) in [6.07, 6.45) is 3.58. The first kappa shape index (κ1) is 12.7. The Labute approximate surface area is 118 Å². The minimum atomic E-state index is -0.0642. The third-order valence-corrected chi connectivity index (χ3v) is 4.38. The number of hydrogen-bond acceptors (Lipinski definition) is 3. The number of benzene rings is 1. The van der Waals surface area contributed by atoms with Crippen LogP contribution in [0.25, 0.3) is 0 Å². The Kier molecular flexibility index (Phi) is 3.58. The van der Waals surface area contributed by atoms with Crippen LogP contribution in [0.2, 0.25) is 0 Å². The lowest BCUT2D eigenvalue weighted by Gasteiger charge is -2.22. The first-order valence-corrected chi connectivity index (χ1v) is 7.74. The highest BCUT2D eigenvalue weighted by Gasteiger charge is 2.19. The van der Waals surface area contributed by atoms with Crippen molar-refractivity contribution in [2.24, 2.45) is 5.73 Å². The first-order valence-electron chi connectivity index (χ1n) is 6.80. The van der Waals surface area contributed by atoms with E-state index in [0.29, 0.717) is 0 Å². The minimum absolute atomic E-state index is 0.0251. The summed E-state index contributed by atoms with van der Waals surface area (Å²) in [7, 11) is 0. The molecule has 1 heterocycles. The summed E-state index contributed by atoms with van der Waals surface area (Å²) in [4.78, 5) is 0. The van der Waals surface area contributed by atoms with E-state index in [1.807, 2.05) is 6.92 Å². The third-order valence-electron chi connectivity index (χ3n) is 3.68. The highest BCUT2D eigenvalue weighted by molar-refractivity contribution is 7.07. The van der Waals surface area contributed by atoms with E-state index in [1.165, 1.54) is 36.0 Å². The fraction of sp³-hybridized carbons (Fsp3) is 0.375. The molecule has 1 aliphatic rings. The van der Waals surface area contributed by atoms with Crippen molar-refractivity contribution in [3.05, 3.63) is 51.7 Å². The number of aryl methyl sites for hydroxylation is 2. The second-order valence-corrected chi connectivity index (χ2v) is 6.02. The normalized spacial score (nSPS) is 16.9. The van der Waals surface area contributed by atoms with Crippen molar-refractivity contribution in [2.45, 2.75) is 38.3 Å². The number of thiophene rings is 1. The molecule has 1 aliphatic carbocycles. The molecule has 0 aliphatic heterocycles. The van der Waals surface area contributed by atoms with Crippen molar-refractivity contribution in [1.82, 2.24) is 0 Å². The Balaban J connectivity index is 1.82. The molecule has 0 spiro atoms. The van der Waals surface area contributed by atoms with Gasteiger partial charge in [0.1, 0.15) is 11.9 Å². The molecule has 1 aromatic carbocycles. The Hall–Kier alpha value is -1.32. The molecular weight excluding hydrogens is 254 g/mol. The number of fused-ring (bicyclic) bond motifs is 1. The average Bonchev–Trinajstić information content (AvgIpc) is 3.06. The van der Waals surface area contributed by atoms with Gasteiger partial charge in [0, 0.05) is 11.6 Å². The monoisotopic (exact) mass is 273 g/mol. The van der Waals surface area contributed by atoms with E-state index in [9.17, 15) is 0 Å². The zero-order chi connectivity index (χ0) is 13.2. The van der Waals surface area contributed by atoms with Gasteiger partial charge in [-0.1, -0.05) is 6.07 Å². The van der Waals surface area contributed by atoms with Crippen molar-refractivity contribution < 1.29 is 4.74 Å². The quantitative estimate of drug-likeness (QED) is 0.921. The summed E-state index contributed by atoms with van der Waals surface area (Å²) >= 11 is 1.68. The van der Waals surface area contributed by atoms with Gasteiger partial charge >= 0.3 is 0 Å². The molecule has 2 N–H and O–H groups in total. The van der Waals surface area contributed by atoms with E-state index in [4.69, 9.17) is 10.5 Å². The molecule has 0 bridgehead atoms. The van der Waals surface area contributed by atoms with Crippen LogP contribution in [0.15, 0.2) is 35.0 Å². The Morgan fingerprint density at radius 3 is 2.79 bits per heavy atom. The van der Waals surface area contributed by atoms with Gasteiger partial charge in [-0.2, -0.15) is 11.3 Å². The summed E-state index contributed by atoms with van der Waals surface area (Å²) < 4.78 is 6.13. The first-order chi connectivity index (χ1) is 9.24. The van der Waals surface area contributed by atoms with Crippen LogP contribution in [0.4, 0.5) is 0 Å². The standard InChI is InChI=1S/C16H19NOS/c1-11(17)16(14-7-8-19-10-14)18-15-6-5-12-3-2-4-13(12)9-15/h5-11,16H,2-4,17H2,1H3. The smallest absolute Gasteiger partial charge is 0.139 e. The van der Waals surface area contributed by atoms with Gasteiger partial charge in [0.05, 0.1) is 0 Å². The van der Waals surface area contributed by atoms with Gasteiger partial charge in [0.15, 0.2) is 0 Å². The maximum atomic E-state index is 6.13. The van der Waals surface area contributed by atoms with Crippen LogP contribution in [0.5, 0.6) is 5.75 Å². The molecule has 0 saturated heterocycles.